The Bertz CT molecular complexity index is 163. The van der Waals surface area contributed by atoms with Gasteiger partial charge in [0.05, 0.1) is 0 Å². The van der Waals surface area contributed by atoms with Crippen LogP contribution in [0.5, 0.6) is 0 Å². The second kappa shape index (κ2) is 7.44. The monoisotopic (exact) mass is 238 g/mol. The van der Waals surface area contributed by atoms with Crippen molar-refractivity contribution in [2.45, 2.75) is 91.9 Å². The second-order valence-corrected chi connectivity index (χ2v) is 7.44. The van der Waals surface area contributed by atoms with Crippen LogP contribution in [0.4, 0.5) is 0 Å². The Morgan fingerprint density at radius 3 is 1.29 bits per heavy atom. The van der Waals surface area contributed by atoms with Crippen molar-refractivity contribution < 1.29 is 0 Å². The molecule has 2 rings (SSSR count). The fourth-order valence-corrected chi connectivity index (χ4v) is 3.19. The van der Waals surface area contributed by atoms with Crippen molar-refractivity contribution in [3.8, 4) is 0 Å². The molecular formula is C17H34. The van der Waals surface area contributed by atoms with Gasteiger partial charge in [-0.25, -0.2) is 0 Å². The Morgan fingerprint density at radius 2 is 1.00 bits per heavy atom. The zero-order valence-corrected chi connectivity index (χ0v) is 12.7. The molecule has 0 aromatic heterocycles. The van der Waals surface area contributed by atoms with Crippen molar-refractivity contribution in [2.24, 2.45) is 17.3 Å². The van der Waals surface area contributed by atoms with E-state index in [0.29, 0.717) is 5.41 Å². The first-order valence-electron chi connectivity index (χ1n) is 8.00. The first-order chi connectivity index (χ1) is 8.00. The van der Waals surface area contributed by atoms with E-state index in [1.807, 2.05) is 0 Å². The van der Waals surface area contributed by atoms with Crippen molar-refractivity contribution in [1.29, 1.82) is 0 Å². The summed E-state index contributed by atoms with van der Waals surface area (Å²) in [6.07, 6.45) is 14.8. The fourth-order valence-electron chi connectivity index (χ4n) is 3.19. The molecule has 17 heavy (non-hydrogen) atoms. The lowest BCUT2D eigenvalue weighted by Crippen LogP contribution is -2.24. The van der Waals surface area contributed by atoms with E-state index in [9.17, 15) is 0 Å². The largest absolute Gasteiger partial charge is 0.0625 e. The molecule has 0 saturated heterocycles. The lowest BCUT2D eigenvalue weighted by atomic mass is 9.70. The lowest BCUT2D eigenvalue weighted by molar-refractivity contribution is 0.155. The van der Waals surface area contributed by atoms with Crippen molar-refractivity contribution >= 4 is 0 Å². The highest BCUT2D eigenvalue weighted by Crippen LogP contribution is 2.39. The smallest absolute Gasteiger partial charge is 0.0354 e. The third kappa shape index (κ3) is 6.48. The summed E-state index contributed by atoms with van der Waals surface area (Å²) >= 11 is 0. The van der Waals surface area contributed by atoms with E-state index < -0.39 is 0 Å². The van der Waals surface area contributed by atoms with Gasteiger partial charge in [-0.3, -0.25) is 0 Å². The van der Waals surface area contributed by atoms with E-state index >= 15 is 0 Å². The van der Waals surface area contributed by atoms with Crippen LogP contribution in [0.25, 0.3) is 0 Å². The molecular weight excluding hydrogens is 204 g/mol. The summed E-state index contributed by atoms with van der Waals surface area (Å²) in [5, 5.41) is 0. The maximum absolute atomic E-state index is 2.39. The normalized spacial score (nSPS) is 30.4. The van der Waals surface area contributed by atoms with Gasteiger partial charge in [0, 0.05) is 0 Å². The molecule has 2 saturated carbocycles. The topological polar surface area (TPSA) is 0 Å². The average molecular weight is 238 g/mol. The molecule has 0 bridgehead atoms. The molecule has 0 heterocycles. The van der Waals surface area contributed by atoms with Gasteiger partial charge in [-0.05, 0) is 30.1 Å². The highest BCUT2D eigenvalue weighted by atomic mass is 14.3. The molecule has 2 fully saturated rings. The standard InChI is InChI=1S/C11H22.C6H12/c1-9-5-7-10(8-6-9)11(2,3)4;1-2-4-6-5-3-1/h9-10H,5-8H2,1-4H3;1-6H2. The van der Waals surface area contributed by atoms with Crippen LogP contribution < -0.4 is 0 Å². The average Bonchev–Trinajstić information content (AvgIpc) is 2.31. The molecule has 0 aliphatic heterocycles. The number of hydrogen-bond acceptors (Lipinski definition) is 0. The molecule has 0 amide bonds. The predicted molar refractivity (Wildman–Crippen MR) is 78.3 cm³/mol. The van der Waals surface area contributed by atoms with E-state index in [4.69, 9.17) is 0 Å². The van der Waals surface area contributed by atoms with Crippen LogP contribution in [0, 0.1) is 17.3 Å². The molecule has 0 heteroatoms. The Labute approximate surface area is 110 Å². The summed E-state index contributed by atoms with van der Waals surface area (Å²) < 4.78 is 0. The first-order valence-corrected chi connectivity index (χ1v) is 8.00. The van der Waals surface area contributed by atoms with Crippen LogP contribution in [0.15, 0.2) is 0 Å². The van der Waals surface area contributed by atoms with Crippen LogP contribution in [-0.4, -0.2) is 0 Å². The minimum absolute atomic E-state index is 0.556. The van der Waals surface area contributed by atoms with Gasteiger partial charge >= 0.3 is 0 Å². The molecule has 2 aliphatic rings. The van der Waals surface area contributed by atoms with Gasteiger partial charge < -0.3 is 0 Å². The van der Waals surface area contributed by atoms with E-state index in [2.05, 4.69) is 27.7 Å². The fraction of sp³-hybridized carbons (Fsp3) is 1.00. The first kappa shape index (κ1) is 15.1. The summed E-state index contributed by atoms with van der Waals surface area (Å²) in [6.45, 7) is 9.54. The van der Waals surface area contributed by atoms with Crippen LogP contribution in [0.3, 0.4) is 0 Å². The molecule has 0 N–H and O–H groups in total. The van der Waals surface area contributed by atoms with E-state index in [0.717, 1.165) is 11.8 Å². The van der Waals surface area contributed by atoms with Crippen LogP contribution in [-0.2, 0) is 0 Å². The van der Waals surface area contributed by atoms with Crippen molar-refractivity contribution in [3.05, 3.63) is 0 Å². The number of rotatable bonds is 0. The van der Waals surface area contributed by atoms with E-state index in [1.165, 1.54) is 64.2 Å². The molecule has 0 aromatic rings. The Morgan fingerprint density at radius 1 is 0.647 bits per heavy atom. The SMILES string of the molecule is C1CCCCC1.CC1CCC(C(C)(C)C)CC1. The number of hydrogen-bond donors (Lipinski definition) is 0. The van der Waals surface area contributed by atoms with Crippen LogP contribution >= 0.6 is 0 Å². The van der Waals surface area contributed by atoms with Crippen molar-refractivity contribution in [3.63, 3.8) is 0 Å². The molecule has 0 nitrogen and oxygen atoms in total. The van der Waals surface area contributed by atoms with Crippen LogP contribution in [0.1, 0.15) is 91.9 Å². The Kier molecular flexibility index (Phi) is 6.59. The maximum Gasteiger partial charge on any atom is -0.0354 e. The van der Waals surface area contributed by atoms with Crippen molar-refractivity contribution in [1.82, 2.24) is 0 Å². The maximum atomic E-state index is 2.39. The summed E-state index contributed by atoms with van der Waals surface area (Å²) in [7, 11) is 0. The van der Waals surface area contributed by atoms with E-state index in [1.54, 1.807) is 0 Å². The zero-order valence-electron chi connectivity index (χ0n) is 12.7. The van der Waals surface area contributed by atoms with Gasteiger partial charge in [-0.1, -0.05) is 79.1 Å². The molecule has 0 spiro atoms. The van der Waals surface area contributed by atoms with Gasteiger partial charge in [0.2, 0.25) is 0 Å². The minimum Gasteiger partial charge on any atom is -0.0625 e. The summed E-state index contributed by atoms with van der Waals surface area (Å²) in [5.74, 6) is 1.98. The van der Waals surface area contributed by atoms with Crippen molar-refractivity contribution in [2.75, 3.05) is 0 Å². The quantitative estimate of drug-likeness (QED) is 0.471. The molecule has 2 aliphatic carbocycles. The minimum atomic E-state index is 0.556. The molecule has 0 atom stereocenters. The third-order valence-corrected chi connectivity index (χ3v) is 4.74. The Balaban J connectivity index is 0.000000202. The molecule has 0 radical (unpaired) electrons. The summed E-state index contributed by atoms with van der Waals surface area (Å²) in [4.78, 5) is 0. The predicted octanol–water partition coefficient (Wildman–Crippen LogP) is 6.20. The van der Waals surface area contributed by atoms with Gasteiger partial charge in [0.1, 0.15) is 0 Å². The van der Waals surface area contributed by atoms with Gasteiger partial charge in [0.15, 0.2) is 0 Å². The Hall–Kier alpha value is 0. The van der Waals surface area contributed by atoms with Gasteiger partial charge in [-0.2, -0.15) is 0 Å². The highest BCUT2D eigenvalue weighted by molar-refractivity contribution is 4.78. The summed E-state index contributed by atoms with van der Waals surface area (Å²) in [5.41, 5.74) is 0.556. The van der Waals surface area contributed by atoms with Gasteiger partial charge in [-0.15, -0.1) is 0 Å². The molecule has 0 unspecified atom stereocenters. The molecule has 0 aromatic carbocycles. The highest BCUT2D eigenvalue weighted by Gasteiger charge is 2.27. The second-order valence-electron chi connectivity index (χ2n) is 7.44. The molecule has 102 valence electrons. The van der Waals surface area contributed by atoms with E-state index in [-0.39, 0.29) is 0 Å². The lowest BCUT2D eigenvalue weighted by Gasteiger charge is -2.35. The summed E-state index contributed by atoms with van der Waals surface area (Å²) in [6, 6.07) is 0. The van der Waals surface area contributed by atoms with Crippen LogP contribution in [0.2, 0.25) is 0 Å². The third-order valence-electron chi connectivity index (χ3n) is 4.74. The van der Waals surface area contributed by atoms with Gasteiger partial charge in [0.25, 0.3) is 0 Å². The zero-order chi connectivity index (χ0) is 12.7.